The lowest BCUT2D eigenvalue weighted by Crippen LogP contribution is -2.35. The van der Waals surface area contributed by atoms with Crippen LogP contribution in [0.4, 0.5) is 22.1 Å². The Morgan fingerprint density at radius 3 is 2.46 bits per heavy atom. The lowest BCUT2D eigenvalue weighted by molar-refractivity contribution is 0.250. The fraction of sp³-hybridized carbons (Fsp3) is 0.125. The third kappa shape index (κ3) is 5.60. The Balaban J connectivity index is 1.71. The van der Waals surface area contributed by atoms with Crippen LogP contribution in [0.25, 0.3) is 11.1 Å². The van der Waals surface area contributed by atoms with E-state index in [4.69, 9.17) is 21.1 Å². The molecule has 0 unspecified atom stereocenters. The van der Waals surface area contributed by atoms with E-state index < -0.39 is 16.1 Å². The van der Waals surface area contributed by atoms with Gasteiger partial charge in [0.2, 0.25) is 0 Å². The van der Waals surface area contributed by atoms with Crippen LogP contribution in [0.1, 0.15) is 0 Å². The van der Waals surface area contributed by atoms with Crippen LogP contribution in [0.2, 0.25) is 5.02 Å². The molecule has 4 aromatic rings. The summed E-state index contributed by atoms with van der Waals surface area (Å²) in [5.74, 6) is 1.15. The fourth-order valence-corrected chi connectivity index (χ4v) is 4.63. The molecule has 192 valence electrons. The second-order valence-electron chi connectivity index (χ2n) is 7.50. The monoisotopic (exact) mass is 543 g/mol. The highest BCUT2D eigenvalue weighted by atomic mass is 35.5. The third-order valence-electron chi connectivity index (χ3n) is 5.21. The number of urea groups is 1. The predicted molar refractivity (Wildman–Crippen MR) is 138 cm³/mol. The minimum absolute atomic E-state index is 0.0261. The molecule has 2 N–H and O–H groups in total. The van der Waals surface area contributed by atoms with E-state index in [0.29, 0.717) is 22.2 Å². The average molecular weight is 544 g/mol. The van der Waals surface area contributed by atoms with E-state index in [1.165, 1.54) is 43.5 Å². The normalized spacial score (nSPS) is 11.0. The number of benzene rings is 2. The smallest absolute Gasteiger partial charge is 0.327 e. The maximum absolute atomic E-state index is 12.9. The van der Waals surface area contributed by atoms with Crippen LogP contribution in [-0.2, 0) is 10.0 Å². The number of nitrogens with one attached hydrogen (secondary N) is 2. The summed E-state index contributed by atoms with van der Waals surface area (Å²) < 4.78 is 43.1. The number of hydrogen-bond donors (Lipinski definition) is 2. The quantitative estimate of drug-likeness (QED) is 0.327. The molecule has 2 amide bonds. The second-order valence-corrected chi connectivity index (χ2v) is 9.62. The number of aromatic nitrogens is 2. The van der Waals surface area contributed by atoms with Gasteiger partial charge in [-0.05, 0) is 53.6 Å². The molecule has 0 saturated carbocycles. The lowest BCUT2D eigenvalue weighted by atomic mass is 10.0. The highest BCUT2D eigenvalue weighted by Crippen LogP contribution is 2.38. The van der Waals surface area contributed by atoms with Crippen molar-refractivity contribution >= 4 is 45.0 Å². The molecule has 2 heterocycles. The number of anilines is 3. The minimum Gasteiger partial charge on any atom is -0.497 e. The standard InChI is InChI=1S/C24H22ClN5O6S/c1-26-24(31)30(23-7-5-19(14-27-23)37(32,33)29-22-8-9-36-28-22)20-6-4-15(12-21(20)35-3)16-10-17(25)13-18(11-16)34-2/h4-14H,1-3H3,(H,26,31)(H,28,29). The highest BCUT2D eigenvalue weighted by Gasteiger charge is 2.24. The van der Waals surface area contributed by atoms with Crippen molar-refractivity contribution in [1.29, 1.82) is 0 Å². The Morgan fingerprint density at radius 2 is 1.84 bits per heavy atom. The fourth-order valence-electron chi connectivity index (χ4n) is 3.46. The van der Waals surface area contributed by atoms with Crippen LogP contribution in [0.3, 0.4) is 0 Å². The number of carbonyl (C=O) groups is 1. The van der Waals surface area contributed by atoms with Gasteiger partial charge in [0.05, 0.1) is 19.9 Å². The van der Waals surface area contributed by atoms with Crippen LogP contribution >= 0.6 is 11.6 Å². The highest BCUT2D eigenvalue weighted by molar-refractivity contribution is 7.92. The van der Waals surface area contributed by atoms with Gasteiger partial charge >= 0.3 is 6.03 Å². The zero-order valence-electron chi connectivity index (χ0n) is 19.9. The van der Waals surface area contributed by atoms with Gasteiger partial charge < -0.3 is 19.3 Å². The van der Waals surface area contributed by atoms with Gasteiger partial charge in [0.1, 0.15) is 28.5 Å². The molecular weight excluding hydrogens is 522 g/mol. The molecule has 11 nitrogen and oxygen atoms in total. The molecule has 0 aliphatic heterocycles. The SMILES string of the molecule is CNC(=O)N(c1ccc(S(=O)(=O)Nc2ccon2)cn1)c1ccc(-c2cc(Cl)cc(OC)c2)cc1OC. The molecule has 0 bridgehead atoms. The Hall–Kier alpha value is -4.29. The average Bonchev–Trinajstić information content (AvgIpc) is 3.41. The first-order valence-corrected chi connectivity index (χ1v) is 12.6. The van der Waals surface area contributed by atoms with Gasteiger partial charge in [0, 0.05) is 24.3 Å². The Bertz CT molecular complexity index is 1510. The van der Waals surface area contributed by atoms with Crippen molar-refractivity contribution in [1.82, 2.24) is 15.5 Å². The van der Waals surface area contributed by atoms with Gasteiger partial charge in [-0.2, -0.15) is 0 Å². The molecule has 0 spiro atoms. The number of nitrogens with zero attached hydrogens (tertiary/aromatic N) is 3. The minimum atomic E-state index is -3.97. The number of halogens is 1. The zero-order chi connectivity index (χ0) is 26.6. The van der Waals surface area contributed by atoms with Gasteiger partial charge in [0.15, 0.2) is 5.82 Å². The Morgan fingerprint density at radius 1 is 1.03 bits per heavy atom. The van der Waals surface area contributed by atoms with Gasteiger partial charge in [0.25, 0.3) is 10.0 Å². The summed E-state index contributed by atoms with van der Waals surface area (Å²) >= 11 is 6.22. The number of amides is 2. The number of hydrogen-bond acceptors (Lipinski definition) is 8. The summed E-state index contributed by atoms with van der Waals surface area (Å²) in [4.78, 5) is 18.3. The molecule has 13 heteroatoms. The largest absolute Gasteiger partial charge is 0.497 e. The summed E-state index contributed by atoms with van der Waals surface area (Å²) in [6, 6.07) is 14.1. The summed E-state index contributed by atoms with van der Waals surface area (Å²) in [6.45, 7) is 0. The van der Waals surface area contributed by atoms with Crippen LogP contribution in [-0.4, -0.2) is 45.9 Å². The van der Waals surface area contributed by atoms with Crippen LogP contribution < -0.4 is 24.4 Å². The Kier molecular flexibility index (Phi) is 7.50. The molecule has 0 atom stereocenters. The van der Waals surface area contributed by atoms with Crippen LogP contribution in [0.5, 0.6) is 11.5 Å². The van der Waals surface area contributed by atoms with Crippen LogP contribution in [0.15, 0.2) is 76.5 Å². The molecule has 0 saturated heterocycles. The summed E-state index contributed by atoms with van der Waals surface area (Å²) in [5, 5.41) is 6.60. The van der Waals surface area contributed by atoms with E-state index in [9.17, 15) is 13.2 Å². The second kappa shape index (κ2) is 10.8. The van der Waals surface area contributed by atoms with Crippen molar-refractivity contribution in [3.8, 4) is 22.6 Å². The molecule has 2 aromatic heterocycles. The van der Waals surface area contributed by atoms with Crippen molar-refractivity contribution in [2.24, 2.45) is 0 Å². The summed E-state index contributed by atoms with van der Waals surface area (Å²) in [6.07, 6.45) is 2.37. The van der Waals surface area contributed by atoms with Crippen LogP contribution in [0, 0.1) is 0 Å². The first-order valence-electron chi connectivity index (χ1n) is 10.7. The topological polar surface area (TPSA) is 136 Å². The van der Waals surface area contributed by atoms with Crippen molar-refractivity contribution in [2.75, 3.05) is 30.9 Å². The number of methoxy groups -OCH3 is 2. The first kappa shape index (κ1) is 25.8. The van der Waals surface area contributed by atoms with E-state index in [0.717, 1.165) is 17.3 Å². The van der Waals surface area contributed by atoms with E-state index in [1.807, 2.05) is 6.07 Å². The van der Waals surface area contributed by atoms with E-state index >= 15 is 0 Å². The number of carbonyl (C=O) groups excluding carboxylic acids is 1. The third-order valence-corrected chi connectivity index (χ3v) is 6.77. The maximum Gasteiger partial charge on any atom is 0.327 e. The summed E-state index contributed by atoms with van der Waals surface area (Å²) in [7, 11) is 0.517. The van der Waals surface area contributed by atoms with Crippen molar-refractivity contribution in [3.05, 3.63) is 72.1 Å². The molecule has 4 rings (SSSR count). The van der Waals surface area contributed by atoms with Gasteiger partial charge in [-0.15, -0.1) is 0 Å². The maximum atomic E-state index is 12.9. The molecule has 0 aliphatic rings. The number of sulfonamides is 1. The molecule has 0 fully saturated rings. The van der Waals surface area contributed by atoms with Crippen molar-refractivity contribution in [2.45, 2.75) is 4.90 Å². The van der Waals surface area contributed by atoms with E-state index in [-0.39, 0.29) is 16.5 Å². The predicted octanol–water partition coefficient (Wildman–Crippen LogP) is 4.69. The van der Waals surface area contributed by atoms with Crippen molar-refractivity contribution in [3.63, 3.8) is 0 Å². The number of rotatable bonds is 8. The zero-order valence-corrected chi connectivity index (χ0v) is 21.5. The number of ether oxygens (including phenoxy) is 2. The van der Waals surface area contributed by atoms with E-state index in [1.54, 1.807) is 37.4 Å². The lowest BCUT2D eigenvalue weighted by Gasteiger charge is -2.24. The van der Waals surface area contributed by atoms with Gasteiger partial charge in [-0.1, -0.05) is 22.8 Å². The van der Waals surface area contributed by atoms with Gasteiger partial charge in [-0.3, -0.25) is 4.72 Å². The number of pyridine rings is 1. The summed E-state index contributed by atoms with van der Waals surface area (Å²) in [5.41, 5.74) is 1.93. The van der Waals surface area contributed by atoms with Crippen molar-refractivity contribution < 1.29 is 27.2 Å². The first-order chi connectivity index (χ1) is 17.7. The molecule has 0 aliphatic carbocycles. The Labute approximate surface area is 218 Å². The molecule has 0 radical (unpaired) electrons. The van der Waals surface area contributed by atoms with E-state index in [2.05, 4.69) is 24.7 Å². The molecule has 2 aromatic carbocycles. The molecule has 37 heavy (non-hydrogen) atoms. The molecular formula is C24H22ClN5O6S. The van der Waals surface area contributed by atoms with Gasteiger partial charge in [-0.25, -0.2) is 23.1 Å².